The average molecular weight is 241 g/mol. The first kappa shape index (κ1) is 11.6. The molecule has 0 aromatic carbocycles. The zero-order valence-corrected chi connectivity index (χ0v) is 9.61. The van der Waals surface area contributed by atoms with E-state index in [0.717, 1.165) is 0 Å². The van der Waals surface area contributed by atoms with Gasteiger partial charge in [-0.3, -0.25) is 4.79 Å². The highest BCUT2D eigenvalue weighted by Gasteiger charge is 2.33. The van der Waals surface area contributed by atoms with Gasteiger partial charge in [0.15, 0.2) is 0 Å². The molecule has 1 heterocycles. The Hall–Kier alpha value is -0.910. The Morgan fingerprint density at radius 3 is 2.94 bits per heavy atom. The van der Waals surface area contributed by atoms with Crippen molar-refractivity contribution in [2.45, 2.75) is 25.0 Å². The van der Waals surface area contributed by atoms with Crippen LogP contribution in [0.1, 0.15) is 23.2 Å². The first-order valence-corrected chi connectivity index (χ1v) is 6.27. The van der Waals surface area contributed by atoms with Crippen molar-refractivity contribution in [2.75, 3.05) is 6.61 Å². The number of hydrogen-bond donors (Lipinski definition) is 3. The van der Waals surface area contributed by atoms with E-state index in [0.29, 0.717) is 18.4 Å². The van der Waals surface area contributed by atoms with Gasteiger partial charge in [0.2, 0.25) is 0 Å². The predicted octanol–water partition coefficient (Wildman–Crippen LogP) is 0.610. The van der Waals surface area contributed by atoms with Crippen molar-refractivity contribution in [3.05, 3.63) is 22.4 Å². The van der Waals surface area contributed by atoms with Crippen LogP contribution in [0.15, 0.2) is 16.8 Å². The lowest BCUT2D eigenvalue weighted by Gasteiger charge is -2.11. The van der Waals surface area contributed by atoms with Crippen LogP contribution in [0, 0.1) is 5.92 Å². The molecule has 0 radical (unpaired) electrons. The van der Waals surface area contributed by atoms with Crippen molar-refractivity contribution < 1.29 is 15.0 Å². The fourth-order valence-electron chi connectivity index (χ4n) is 2.08. The molecule has 1 aromatic rings. The molecular weight excluding hydrogens is 226 g/mol. The molecule has 88 valence electrons. The average Bonchev–Trinajstić information content (AvgIpc) is 2.87. The number of rotatable bonds is 3. The lowest BCUT2D eigenvalue weighted by molar-refractivity contribution is 0.0903. The lowest BCUT2D eigenvalue weighted by atomic mass is 10.1. The van der Waals surface area contributed by atoms with Gasteiger partial charge in [0.05, 0.1) is 6.10 Å². The van der Waals surface area contributed by atoms with Crippen LogP contribution in [-0.2, 0) is 0 Å². The number of hydrogen-bond acceptors (Lipinski definition) is 4. The zero-order valence-electron chi connectivity index (χ0n) is 8.80. The quantitative estimate of drug-likeness (QED) is 0.726. The maximum absolute atomic E-state index is 11.7. The fraction of sp³-hybridized carbons (Fsp3) is 0.545. The first-order valence-electron chi connectivity index (χ1n) is 5.32. The summed E-state index contributed by atoms with van der Waals surface area (Å²) >= 11 is 1.48. The molecule has 16 heavy (non-hydrogen) atoms. The normalized spacial score (nSPS) is 29.2. The molecule has 0 aliphatic heterocycles. The summed E-state index contributed by atoms with van der Waals surface area (Å²) in [5.41, 5.74) is 0.659. The van der Waals surface area contributed by atoms with Crippen molar-refractivity contribution in [2.24, 2.45) is 5.92 Å². The standard InChI is InChI=1S/C11H15NO3S/c13-5-8-3-9(4-10(8)14)12-11(15)7-1-2-16-6-7/h1-2,6,8-10,13-14H,3-5H2,(H,12,15)/t8-,9-,10+/m0/s1. The summed E-state index contributed by atoms with van der Waals surface area (Å²) < 4.78 is 0. The first-order chi connectivity index (χ1) is 7.70. The van der Waals surface area contributed by atoms with Gasteiger partial charge in [0.25, 0.3) is 5.91 Å². The van der Waals surface area contributed by atoms with Gasteiger partial charge >= 0.3 is 0 Å². The molecule has 1 fully saturated rings. The van der Waals surface area contributed by atoms with Gasteiger partial charge in [0.1, 0.15) is 0 Å². The van der Waals surface area contributed by atoms with E-state index in [4.69, 9.17) is 5.11 Å². The number of aliphatic hydroxyl groups is 2. The molecule has 1 amide bonds. The van der Waals surface area contributed by atoms with Gasteiger partial charge in [-0.25, -0.2) is 0 Å². The summed E-state index contributed by atoms with van der Waals surface area (Å²) in [6.45, 7) is -0.0218. The molecule has 0 unspecified atom stereocenters. The molecule has 2 rings (SSSR count). The van der Waals surface area contributed by atoms with Crippen molar-refractivity contribution in [1.29, 1.82) is 0 Å². The molecule has 1 saturated carbocycles. The Morgan fingerprint density at radius 1 is 1.56 bits per heavy atom. The van der Waals surface area contributed by atoms with Gasteiger partial charge in [-0.15, -0.1) is 0 Å². The highest BCUT2D eigenvalue weighted by molar-refractivity contribution is 7.08. The number of aliphatic hydroxyl groups excluding tert-OH is 2. The van der Waals surface area contributed by atoms with Crippen molar-refractivity contribution in [3.63, 3.8) is 0 Å². The molecule has 5 heteroatoms. The number of nitrogens with one attached hydrogen (secondary N) is 1. The molecular formula is C11H15NO3S. The van der Waals surface area contributed by atoms with Gasteiger partial charge in [-0.1, -0.05) is 0 Å². The lowest BCUT2D eigenvalue weighted by Crippen LogP contribution is -2.33. The Kier molecular flexibility index (Phi) is 3.58. The molecule has 4 nitrogen and oxygen atoms in total. The molecule has 3 N–H and O–H groups in total. The topological polar surface area (TPSA) is 69.6 Å². The summed E-state index contributed by atoms with van der Waals surface area (Å²) in [5.74, 6) is -0.204. The summed E-state index contributed by atoms with van der Waals surface area (Å²) in [6.07, 6.45) is 0.673. The van der Waals surface area contributed by atoms with Gasteiger partial charge in [0, 0.05) is 29.5 Å². The minimum absolute atomic E-state index is 0.0218. The van der Waals surface area contributed by atoms with E-state index in [-0.39, 0.29) is 24.5 Å². The summed E-state index contributed by atoms with van der Waals surface area (Å²) in [6, 6.07) is 1.74. The van der Waals surface area contributed by atoms with Crippen molar-refractivity contribution in [3.8, 4) is 0 Å². The minimum Gasteiger partial charge on any atom is -0.396 e. The van der Waals surface area contributed by atoms with Gasteiger partial charge < -0.3 is 15.5 Å². The second-order valence-electron chi connectivity index (χ2n) is 4.16. The molecule has 0 spiro atoms. The number of amides is 1. The Bertz CT molecular complexity index is 352. The second kappa shape index (κ2) is 4.95. The molecule has 1 aliphatic carbocycles. The van der Waals surface area contributed by atoms with Crippen LogP contribution < -0.4 is 5.32 Å². The maximum atomic E-state index is 11.7. The summed E-state index contributed by atoms with van der Waals surface area (Å²) in [7, 11) is 0. The Balaban J connectivity index is 1.90. The van der Waals surface area contributed by atoms with E-state index in [1.54, 1.807) is 11.4 Å². The highest BCUT2D eigenvalue weighted by Crippen LogP contribution is 2.25. The van der Waals surface area contributed by atoms with Crippen LogP contribution in [0.3, 0.4) is 0 Å². The van der Waals surface area contributed by atoms with Crippen molar-refractivity contribution in [1.82, 2.24) is 5.32 Å². The van der Waals surface area contributed by atoms with E-state index in [1.807, 2.05) is 5.38 Å². The zero-order chi connectivity index (χ0) is 11.5. The monoisotopic (exact) mass is 241 g/mol. The molecule has 1 aromatic heterocycles. The van der Waals surface area contributed by atoms with E-state index in [1.165, 1.54) is 11.3 Å². The van der Waals surface area contributed by atoms with E-state index < -0.39 is 6.10 Å². The van der Waals surface area contributed by atoms with Crippen LogP contribution in [0.4, 0.5) is 0 Å². The van der Waals surface area contributed by atoms with E-state index >= 15 is 0 Å². The number of carbonyl (C=O) groups excluding carboxylic acids is 1. The smallest absolute Gasteiger partial charge is 0.252 e. The molecule has 0 saturated heterocycles. The van der Waals surface area contributed by atoms with Crippen LogP contribution >= 0.6 is 11.3 Å². The third-order valence-corrected chi connectivity index (χ3v) is 3.69. The number of thiophene rings is 1. The highest BCUT2D eigenvalue weighted by atomic mass is 32.1. The number of carbonyl (C=O) groups is 1. The second-order valence-corrected chi connectivity index (χ2v) is 4.94. The third-order valence-electron chi connectivity index (χ3n) is 3.01. The SMILES string of the molecule is O=C(N[C@H]1C[C@@H](CO)[C@H](O)C1)c1ccsc1. The van der Waals surface area contributed by atoms with Crippen molar-refractivity contribution >= 4 is 17.2 Å². The largest absolute Gasteiger partial charge is 0.396 e. The third kappa shape index (κ3) is 2.42. The van der Waals surface area contributed by atoms with E-state index in [2.05, 4.69) is 5.32 Å². The Morgan fingerprint density at radius 2 is 2.38 bits per heavy atom. The molecule has 3 atom stereocenters. The van der Waals surface area contributed by atoms with Crippen LogP contribution in [-0.4, -0.2) is 34.9 Å². The maximum Gasteiger partial charge on any atom is 0.252 e. The van der Waals surface area contributed by atoms with Crippen LogP contribution in [0.2, 0.25) is 0 Å². The van der Waals surface area contributed by atoms with Gasteiger partial charge in [-0.05, 0) is 24.3 Å². The minimum atomic E-state index is -0.502. The summed E-state index contributed by atoms with van der Waals surface area (Å²) in [4.78, 5) is 11.7. The molecule has 0 bridgehead atoms. The predicted molar refractivity (Wildman–Crippen MR) is 61.4 cm³/mol. The molecule has 1 aliphatic rings. The Labute approximate surface area is 97.9 Å². The van der Waals surface area contributed by atoms with Crippen LogP contribution in [0.25, 0.3) is 0 Å². The summed E-state index contributed by atoms with van der Waals surface area (Å²) in [5, 5.41) is 25.1. The van der Waals surface area contributed by atoms with Crippen LogP contribution in [0.5, 0.6) is 0 Å². The fourth-order valence-corrected chi connectivity index (χ4v) is 2.72. The van der Waals surface area contributed by atoms with E-state index in [9.17, 15) is 9.90 Å². The van der Waals surface area contributed by atoms with Gasteiger partial charge in [-0.2, -0.15) is 11.3 Å².